The SMILES string of the molecule is CC(O)CC(C)(C)CNC(=O)C1=Cc2cc(Cl)ccc2OC1. The molecule has 1 aromatic carbocycles. The molecule has 5 heteroatoms. The summed E-state index contributed by atoms with van der Waals surface area (Å²) in [6.45, 7) is 6.52. The summed E-state index contributed by atoms with van der Waals surface area (Å²) < 4.78 is 5.58. The minimum Gasteiger partial charge on any atom is -0.488 e. The monoisotopic (exact) mass is 323 g/mol. The molecular formula is C17H22ClNO3. The zero-order valence-electron chi connectivity index (χ0n) is 13.1. The molecule has 4 nitrogen and oxygen atoms in total. The Bertz CT molecular complexity index is 594. The van der Waals surface area contributed by atoms with Gasteiger partial charge in [-0.25, -0.2) is 0 Å². The van der Waals surface area contributed by atoms with E-state index in [4.69, 9.17) is 16.3 Å². The maximum Gasteiger partial charge on any atom is 0.250 e. The molecule has 0 saturated carbocycles. The third-order valence-corrected chi connectivity index (χ3v) is 3.79. The van der Waals surface area contributed by atoms with E-state index in [1.807, 2.05) is 19.9 Å². The minimum atomic E-state index is -0.391. The van der Waals surface area contributed by atoms with Crippen LogP contribution in [-0.4, -0.2) is 30.3 Å². The highest BCUT2D eigenvalue weighted by atomic mass is 35.5. The van der Waals surface area contributed by atoms with Crippen molar-refractivity contribution in [2.24, 2.45) is 5.41 Å². The Kier molecular flexibility index (Phi) is 5.14. The number of rotatable bonds is 5. The van der Waals surface area contributed by atoms with Crippen LogP contribution in [0.5, 0.6) is 5.75 Å². The van der Waals surface area contributed by atoms with E-state index in [0.717, 1.165) is 11.3 Å². The van der Waals surface area contributed by atoms with Gasteiger partial charge in [-0.3, -0.25) is 4.79 Å². The molecule has 1 amide bonds. The van der Waals surface area contributed by atoms with Gasteiger partial charge in [-0.15, -0.1) is 0 Å². The lowest BCUT2D eigenvalue weighted by Gasteiger charge is -2.27. The average Bonchev–Trinajstić information content (AvgIpc) is 2.42. The number of halogens is 1. The summed E-state index contributed by atoms with van der Waals surface area (Å²) >= 11 is 5.96. The maximum atomic E-state index is 12.3. The van der Waals surface area contributed by atoms with Gasteiger partial charge in [0, 0.05) is 17.1 Å². The Hall–Kier alpha value is -1.52. The van der Waals surface area contributed by atoms with E-state index in [1.54, 1.807) is 25.1 Å². The standard InChI is InChI=1S/C17H22ClNO3/c1-11(20)8-17(2,3)10-19-16(21)13-6-12-7-14(18)4-5-15(12)22-9-13/h4-7,11,20H,8-10H2,1-3H3,(H,19,21). The van der Waals surface area contributed by atoms with Gasteiger partial charge in [0.05, 0.1) is 11.7 Å². The van der Waals surface area contributed by atoms with Gasteiger partial charge < -0.3 is 15.2 Å². The average molecular weight is 324 g/mol. The number of aliphatic hydroxyl groups is 1. The summed E-state index contributed by atoms with van der Waals surface area (Å²) in [7, 11) is 0. The second kappa shape index (κ2) is 6.71. The molecule has 2 N–H and O–H groups in total. The van der Waals surface area contributed by atoms with E-state index in [1.165, 1.54) is 0 Å². The van der Waals surface area contributed by atoms with Gasteiger partial charge in [0.2, 0.25) is 0 Å². The van der Waals surface area contributed by atoms with Gasteiger partial charge in [-0.1, -0.05) is 25.4 Å². The van der Waals surface area contributed by atoms with Crippen LogP contribution in [0.15, 0.2) is 23.8 Å². The molecular weight excluding hydrogens is 302 g/mol. The summed E-state index contributed by atoms with van der Waals surface area (Å²) in [6, 6.07) is 5.34. The van der Waals surface area contributed by atoms with E-state index in [9.17, 15) is 9.90 Å². The molecule has 1 aliphatic heterocycles. The lowest BCUT2D eigenvalue weighted by atomic mass is 9.87. The Morgan fingerprint density at radius 2 is 2.23 bits per heavy atom. The first-order chi connectivity index (χ1) is 10.3. The molecule has 1 aliphatic rings. The highest BCUT2D eigenvalue weighted by molar-refractivity contribution is 6.30. The Morgan fingerprint density at radius 1 is 1.50 bits per heavy atom. The summed E-state index contributed by atoms with van der Waals surface area (Å²) in [5.74, 6) is 0.583. The number of nitrogens with one attached hydrogen (secondary N) is 1. The topological polar surface area (TPSA) is 58.6 Å². The first-order valence-corrected chi connectivity index (χ1v) is 7.74. The van der Waals surface area contributed by atoms with Gasteiger partial charge >= 0.3 is 0 Å². The minimum absolute atomic E-state index is 0.149. The third kappa shape index (κ3) is 4.49. The zero-order valence-corrected chi connectivity index (χ0v) is 13.9. The second-order valence-corrected chi connectivity index (χ2v) is 6.98. The molecule has 22 heavy (non-hydrogen) atoms. The van der Waals surface area contributed by atoms with Crippen LogP contribution in [0.4, 0.5) is 0 Å². The fourth-order valence-corrected chi connectivity index (χ4v) is 2.77. The van der Waals surface area contributed by atoms with Crippen LogP contribution in [0.2, 0.25) is 5.02 Å². The molecule has 0 bridgehead atoms. The number of hydrogen-bond acceptors (Lipinski definition) is 3. The van der Waals surface area contributed by atoms with Crippen molar-refractivity contribution in [2.75, 3.05) is 13.2 Å². The van der Waals surface area contributed by atoms with Gasteiger partial charge in [-0.05, 0) is 43.0 Å². The first-order valence-electron chi connectivity index (χ1n) is 7.36. The van der Waals surface area contributed by atoms with Gasteiger partial charge in [0.1, 0.15) is 12.4 Å². The third-order valence-electron chi connectivity index (χ3n) is 3.55. The molecule has 1 aromatic rings. The molecule has 120 valence electrons. The van der Waals surface area contributed by atoms with E-state index in [2.05, 4.69) is 5.32 Å². The molecule has 0 spiro atoms. The van der Waals surface area contributed by atoms with E-state index in [0.29, 0.717) is 23.6 Å². The second-order valence-electron chi connectivity index (χ2n) is 6.54. The smallest absolute Gasteiger partial charge is 0.250 e. The van der Waals surface area contributed by atoms with Crippen molar-refractivity contribution < 1.29 is 14.6 Å². The van der Waals surface area contributed by atoms with Crippen LogP contribution in [0.1, 0.15) is 32.8 Å². The maximum absolute atomic E-state index is 12.3. The van der Waals surface area contributed by atoms with Crippen LogP contribution in [-0.2, 0) is 4.79 Å². The fourth-order valence-electron chi connectivity index (χ4n) is 2.58. The van der Waals surface area contributed by atoms with E-state index in [-0.39, 0.29) is 17.9 Å². The first kappa shape index (κ1) is 16.8. The van der Waals surface area contributed by atoms with Gasteiger partial charge in [-0.2, -0.15) is 0 Å². The molecule has 0 aliphatic carbocycles. The summed E-state index contributed by atoms with van der Waals surface area (Å²) in [4.78, 5) is 12.3. The number of hydrogen-bond donors (Lipinski definition) is 2. The Morgan fingerprint density at radius 3 is 2.91 bits per heavy atom. The number of benzene rings is 1. The number of carbonyl (C=O) groups is 1. The van der Waals surface area contributed by atoms with Crippen LogP contribution in [0.25, 0.3) is 6.08 Å². The van der Waals surface area contributed by atoms with Crippen molar-refractivity contribution in [1.82, 2.24) is 5.32 Å². The summed E-state index contributed by atoms with van der Waals surface area (Å²) in [6.07, 6.45) is 2.04. The molecule has 0 radical (unpaired) electrons. The molecule has 0 aromatic heterocycles. The highest BCUT2D eigenvalue weighted by Gasteiger charge is 2.23. The van der Waals surface area contributed by atoms with Crippen LogP contribution < -0.4 is 10.1 Å². The van der Waals surface area contributed by atoms with Crippen molar-refractivity contribution in [2.45, 2.75) is 33.3 Å². The molecule has 0 fully saturated rings. The van der Waals surface area contributed by atoms with Crippen LogP contribution in [0.3, 0.4) is 0 Å². The number of ether oxygens (including phenoxy) is 1. The van der Waals surface area contributed by atoms with Gasteiger partial charge in [0.15, 0.2) is 0 Å². The molecule has 0 saturated heterocycles. The molecule has 1 atom stereocenters. The summed E-state index contributed by atoms with van der Waals surface area (Å²) in [5.41, 5.74) is 1.22. The molecule has 1 unspecified atom stereocenters. The number of amides is 1. The van der Waals surface area contributed by atoms with E-state index >= 15 is 0 Å². The largest absolute Gasteiger partial charge is 0.488 e. The van der Waals surface area contributed by atoms with Crippen LogP contribution >= 0.6 is 11.6 Å². The van der Waals surface area contributed by atoms with Crippen molar-refractivity contribution in [3.63, 3.8) is 0 Å². The van der Waals surface area contributed by atoms with Crippen LogP contribution in [0, 0.1) is 5.41 Å². The zero-order chi connectivity index (χ0) is 16.3. The van der Waals surface area contributed by atoms with Gasteiger partial charge in [0.25, 0.3) is 5.91 Å². The number of fused-ring (bicyclic) bond motifs is 1. The van der Waals surface area contributed by atoms with Crippen molar-refractivity contribution >= 4 is 23.6 Å². The van der Waals surface area contributed by atoms with Crippen molar-refractivity contribution in [1.29, 1.82) is 0 Å². The molecule has 1 heterocycles. The number of aliphatic hydroxyl groups excluding tert-OH is 1. The quantitative estimate of drug-likeness (QED) is 0.875. The predicted octanol–water partition coefficient (Wildman–Crippen LogP) is 3.03. The Balaban J connectivity index is 2.02. The summed E-state index contributed by atoms with van der Waals surface area (Å²) in [5, 5.41) is 13.0. The van der Waals surface area contributed by atoms with E-state index < -0.39 is 6.10 Å². The Labute approximate surface area is 136 Å². The van der Waals surface area contributed by atoms with Crippen molar-refractivity contribution in [3.8, 4) is 5.75 Å². The lowest BCUT2D eigenvalue weighted by Crippen LogP contribution is -2.37. The molecule has 2 rings (SSSR count). The number of carbonyl (C=O) groups excluding carboxylic acids is 1. The lowest BCUT2D eigenvalue weighted by molar-refractivity contribution is -0.118. The highest BCUT2D eigenvalue weighted by Crippen LogP contribution is 2.29. The fraction of sp³-hybridized carbons (Fsp3) is 0.471. The predicted molar refractivity (Wildman–Crippen MR) is 88.0 cm³/mol. The van der Waals surface area contributed by atoms with Crippen molar-refractivity contribution in [3.05, 3.63) is 34.4 Å². The normalized spacial score (nSPS) is 15.4.